The Kier molecular flexibility index (Phi) is 6.55. The fourth-order valence-corrected chi connectivity index (χ4v) is 8.47. The average Bonchev–Trinajstić information content (AvgIpc) is 3.57. The molecule has 2 heterocycles. The predicted octanol–water partition coefficient (Wildman–Crippen LogP) is 12.8. The molecule has 6 aromatic carbocycles. The van der Waals surface area contributed by atoms with Crippen LogP contribution in [-0.4, -0.2) is 9.97 Å². The lowest BCUT2D eigenvalue weighted by atomic mass is 9.59. The number of hydrogen-bond acceptors (Lipinski definition) is 3. The molecule has 0 amide bonds. The van der Waals surface area contributed by atoms with Crippen LogP contribution in [0.25, 0.3) is 77.7 Å². The van der Waals surface area contributed by atoms with Crippen LogP contribution in [0.15, 0.2) is 138 Å². The maximum Gasteiger partial charge on any atom is 0.160 e. The Morgan fingerprint density at radius 2 is 1.14 bits per heavy atom. The van der Waals surface area contributed by atoms with Gasteiger partial charge in [-0.1, -0.05) is 157 Å². The molecule has 8 aromatic rings. The van der Waals surface area contributed by atoms with E-state index in [4.69, 9.17) is 14.4 Å². The summed E-state index contributed by atoms with van der Waals surface area (Å²) >= 11 is 0. The standard InChI is InChI=1S/C47H40N2O/c1-45(2)36-27-32-17-10-11-18-33(32)41(43(36)46(3,4)47(45,5)6)30-23-25-31(26-24-30)44-48-37(29-15-8-7-9-16-29)28-38(49-44)34-20-14-22-40-42(34)35-19-12-13-21-39(35)50-40/h7-28H,1-6H3. The normalized spacial score (nSPS) is 15.9. The zero-order chi connectivity index (χ0) is 34.4. The van der Waals surface area contributed by atoms with Crippen LogP contribution in [0.3, 0.4) is 0 Å². The van der Waals surface area contributed by atoms with E-state index in [1.165, 1.54) is 33.0 Å². The summed E-state index contributed by atoms with van der Waals surface area (Å²) in [5.41, 5.74) is 12.0. The van der Waals surface area contributed by atoms with E-state index in [0.29, 0.717) is 5.82 Å². The zero-order valence-electron chi connectivity index (χ0n) is 29.5. The van der Waals surface area contributed by atoms with E-state index < -0.39 is 0 Å². The monoisotopic (exact) mass is 648 g/mol. The molecule has 0 unspecified atom stereocenters. The summed E-state index contributed by atoms with van der Waals surface area (Å²) in [7, 11) is 0. The summed E-state index contributed by atoms with van der Waals surface area (Å²) in [6.07, 6.45) is 0. The molecular formula is C47H40N2O. The first-order valence-electron chi connectivity index (χ1n) is 17.6. The molecule has 0 aliphatic heterocycles. The Balaban J connectivity index is 1.24. The van der Waals surface area contributed by atoms with E-state index >= 15 is 0 Å². The first-order chi connectivity index (χ1) is 24.1. The lowest BCUT2D eigenvalue weighted by molar-refractivity contribution is 0.125. The third-order valence-electron chi connectivity index (χ3n) is 12.4. The molecule has 0 fully saturated rings. The number of fused-ring (bicyclic) bond motifs is 5. The molecule has 9 rings (SSSR count). The highest BCUT2D eigenvalue weighted by Crippen LogP contribution is 2.64. The molecule has 50 heavy (non-hydrogen) atoms. The van der Waals surface area contributed by atoms with Crippen molar-refractivity contribution < 1.29 is 4.42 Å². The molecule has 3 nitrogen and oxygen atoms in total. The highest BCUT2D eigenvalue weighted by Gasteiger charge is 2.57. The van der Waals surface area contributed by atoms with Crippen LogP contribution >= 0.6 is 0 Å². The average molecular weight is 649 g/mol. The molecule has 1 aliphatic carbocycles. The first-order valence-corrected chi connectivity index (χ1v) is 17.6. The molecule has 2 aromatic heterocycles. The summed E-state index contributed by atoms with van der Waals surface area (Å²) < 4.78 is 6.26. The van der Waals surface area contributed by atoms with Gasteiger partial charge in [-0.2, -0.15) is 0 Å². The van der Waals surface area contributed by atoms with Crippen molar-refractivity contribution in [2.45, 2.75) is 52.4 Å². The SMILES string of the molecule is CC1(C)c2cc3ccccc3c(-c3ccc(-c4nc(-c5ccccc5)cc(-c5cccc6oc7ccccc7c56)n4)cc3)c2C(C)(C)C1(C)C. The van der Waals surface area contributed by atoms with Gasteiger partial charge in [-0.3, -0.25) is 0 Å². The smallest absolute Gasteiger partial charge is 0.160 e. The highest BCUT2D eigenvalue weighted by atomic mass is 16.3. The lowest BCUT2D eigenvalue weighted by Gasteiger charge is -2.44. The van der Waals surface area contributed by atoms with E-state index in [9.17, 15) is 0 Å². The second kappa shape index (κ2) is 10.7. The van der Waals surface area contributed by atoms with E-state index in [-0.39, 0.29) is 16.2 Å². The number of nitrogens with zero attached hydrogens (tertiary/aromatic N) is 2. The first kappa shape index (κ1) is 30.5. The van der Waals surface area contributed by atoms with Crippen LogP contribution in [0.1, 0.15) is 52.7 Å². The predicted molar refractivity (Wildman–Crippen MR) is 208 cm³/mol. The zero-order valence-corrected chi connectivity index (χ0v) is 29.5. The van der Waals surface area contributed by atoms with E-state index in [2.05, 4.69) is 145 Å². The van der Waals surface area contributed by atoms with E-state index in [1.807, 2.05) is 30.3 Å². The minimum Gasteiger partial charge on any atom is -0.456 e. The van der Waals surface area contributed by atoms with Crippen LogP contribution in [0.5, 0.6) is 0 Å². The topological polar surface area (TPSA) is 38.9 Å². The second-order valence-corrected chi connectivity index (χ2v) is 15.5. The van der Waals surface area contributed by atoms with Crippen LogP contribution in [0.2, 0.25) is 0 Å². The number of furan rings is 1. The van der Waals surface area contributed by atoms with Crippen molar-refractivity contribution in [1.29, 1.82) is 0 Å². The third-order valence-corrected chi connectivity index (χ3v) is 12.4. The van der Waals surface area contributed by atoms with Gasteiger partial charge >= 0.3 is 0 Å². The minimum atomic E-state index is -0.0375. The van der Waals surface area contributed by atoms with Crippen molar-refractivity contribution in [1.82, 2.24) is 9.97 Å². The largest absolute Gasteiger partial charge is 0.456 e. The Morgan fingerprint density at radius 3 is 1.92 bits per heavy atom. The summed E-state index contributed by atoms with van der Waals surface area (Å²) in [5, 5.41) is 4.74. The lowest BCUT2D eigenvalue weighted by Crippen LogP contribution is -2.42. The number of para-hydroxylation sites is 1. The van der Waals surface area contributed by atoms with Crippen molar-refractivity contribution >= 4 is 32.7 Å². The van der Waals surface area contributed by atoms with Crippen LogP contribution in [-0.2, 0) is 10.8 Å². The van der Waals surface area contributed by atoms with Gasteiger partial charge in [-0.25, -0.2) is 9.97 Å². The minimum absolute atomic E-state index is 0.00977. The van der Waals surface area contributed by atoms with Gasteiger partial charge in [0.05, 0.1) is 11.4 Å². The van der Waals surface area contributed by atoms with Gasteiger partial charge in [-0.15, -0.1) is 0 Å². The Labute approximate surface area is 293 Å². The summed E-state index contributed by atoms with van der Waals surface area (Å²) in [6.45, 7) is 14.6. The maximum absolute atomic E-state index is 6.26. The number of hydrogen-bond donors (Lipinski definition) is 0. The molecule has 0 saturated heterocycles. The quantitative estimate of drug-likeness (QED) is 0.191. The summed E-state index contributed by atoms with van der Waals surface area (Å²) in [6, 6.07) is 47.2. The summed E-state index contributed by atoms with van der Waals surface area (Å²) in [5.74, 6) is 0.698. The fourth-order valence-electron chi connectivity index (χ4n) is 8.47. The van der Waals surface area contributed by atoms with Crippen molar-refractivity contribution in [3.8, 4) is 45.0 Å². The van der Waals surface area contributed by atoms with E-state index in [1.54, 1.807) is 0 Å². The van der Waals surface area contributed by atoms with Gasteiger partial charge in [0.25, 0.3) is 0 Å². The third kappa shape index (κ3) is 4.29. The maximum atomic E-state index is 6.26. The molecule has 0 bridgehead atoms. The molecule has 1 aliphatic rings. The molecule has 3 heteroatoms. The molecule has 0 radical (unpaired) electrons. The highest BCUT2D eigenvalue weighted by molar-refractivity contribution is 6.12. The van der Waals surface area contributed by atoms with Gasteiger partial charge in [0, 0.05) is 27.5 Å². The van der Waals surface area contributed by atoms with Crippen molar-refractivity contribution in [3.63, 3.8) is 0 Å². The molecule has 0 spiro atoms. The van der Waals surface area contributed by atoms with Crippen molar-refractivity contribution in [3.05, 3.63) is 145 Å². The Bertz CT molecular complexity index is 2610. The molecule has 244 valence electrons. The molecule has 0 N–H and O–H groups in total. The number of benzene rings is 6. The Hall–Kier alpha value is -5.54. The van der Waals surface area contributed by atoms with Crippen LogP contribution in [0, 0.1) is 5.41 Å². The molecular weight excluding hydrogens is 609 g/mol. The fraction of sp³-hybridized carbons (Fsp3) is 0.191. The molecule has 0 atom stereocenters. The number of aromatic nitrogens is 2. The van der Waals surface area contributed by atoms with Crippen molar-refractivity contribution in [2.75, 3.05) is 0 Å². The van der Waals surface area contributed by atoms with Gasteiger partial charge < -0.3 is 4.42 Å². The van der Waals surface area contributed by atoms with E-state index in [0.717, 1.165) is 50.0 Å². The Morgan fingerprint density at radius 1 is 0.500 bits per heavy atom. The van der Waals surface area contributed by atoms with Gasteiger partial charge in [0.2, 0.25) is 0 Å². The summed E-state index contributed by atoms with van der Waals surface area (Å²) in [4.78, 5) is 10.4. The van der Waals surface area contributed by atoms with Gasteiger partial charge in [0.1, 0.15) is 11.2 Å². The van der Waals surface area contributed by atoms with Crippen LogP contribution < -0.4 is 0 Å². The number of rotatable bonds is 4. The second-order valence-electron chi connectivity index (χ2n) is 15.5. The van der Waals surface area contributed by atoms with Gasteiger partial charge in [-0.05, 0) is 67.5 Å². The molecule has 0 saturated carbocycles. The van der Waals surface area contributed by atoms with Gasteiger partial charge in [0.15, 0.2) is 5.82 Å². The van der Waals surface area contributed by atoms with Crippen molar-refractivity contribution in [2.24, 2.45) is 5.41 Å². The van der Waals surface area contributed by atoms with Crippen LogP contribution in [0.4, 0.5) is 0 Å².